The first-order chi connectivity index (χ1) is 13.1. The van der Waals surface area contributed by atoms with Gasteiger partial charge in [0.25, 0.3) is 0 Å². The van der Waals surface area contributed by atoms with Crippen LogP contribution in [0.1, 0.15) is 24.5 Å². The molecular weight excluding hydrogens is 490 g/mol. The maximum Gasteiger partial charge on any atom is 0.191 e. The lowest BCUT2D eigenvalue weighted by molar-refractivity contribution is -0.0120. The Bertz CT molecular complexity index is 649. The van der Waals surface area contributed by atoms with E-state index >= 15 is 0 Å². The molecule has 28 heavy (non-hydrogen) atoms. The Morgan fingerprint density at radius 1 is 1.32 bits per heavy atom. The Morgan fingerprint density at radius 3 is 2.75 bits per heavy atom. The third-order valence-electron chi connectivity index (χ3n) is 5.35. The zero-order valence-electron chi connectivity index (χ0n) is 16.8. The van der Waals surface area contributed by atoms with Gasteiger partial charge in [0, 0.05) is 37.5 Å². The van der Waals surface area contributed by atoms with E-state index in [0.717, 1.165) is 56.7 Å². The summed E-state index contributed by atoms with van der Waals surface area (Å²) >= 11 is 2.03. The number of rotatable bonds is 6. The number of hydrogen-bond acceptors (Lipinski definition) is 4. The van der Waals surface area contributed by atoms with Crippen LogP contribution in [0.15, 0.2) is 23.2 Å². The summed E-state index contributed by atoms with van der Waals surface area (Å²) < 4.78 is 19.3. The van der Waals surface area contributed by atoms with Gasteiger partial charge in [-0.05, 0) is 43.2 Å². The molecule has 0 aromatic heterocycles. The molecule has 0 radical (unpaired) electrons. The van der Waals surface area contributed by atoms with Crippen LogP contribution < -0.4 is 10.6 Å². The van der Waals surface area contributed by atoms with Gasteiger partial charge in [-0.1, -0.05) is 12.1 Å². The number of halogens is 2. The first-order valence-corrected chi connectivity index (χ1v) is 11.0. The average Bonchev–Trinajstić information content (AvgIpc) is 3.17. The molecule has 0 amide bonds. The van der Waals surface area contributed by atoms with Crippen LogP contribution in [0.4, 0.5) is 4.39 Å². The number of nitrogens with zero attached hydrogens (tertiary/aromatic N) is 2. The highest BCUT2D eigenvalue weighted by Crippen LogP contribution is 2.33. The van der Waals surface area contributed by atoms with Gasteiger partial charge in [-0.15, -0.1) is 24.0 Å². The van der Waals surface area contributed by atoms with Crippen LogP contribution in [-0.4, -0.2) is 67.3 Å². The van der Waals surface area contributed by atoms with Crippen molar-refractivity contribution in [2.45, 2.75) is 32.4 Å². The molecule has 1 aromatic carbocycles. The van der Waals surface area contributed by atoms with Crippen LogP contribution in [0, 0.1) is 12.7 Å². The minimum absolute atomic E-state index is 0. The molecule has 5 nitrogen and oxygen atoms in total. The smallest absolute Gasteiger partial charge is 0.191 e. The molecule has 1 unspecified atom stereocenters. The van der Waals surface area contributed by atoms with Crippen molar-refractivity contribution in [2.75, 3.05) is 50.9 Å². The molecule has 2 aliphatic heterocycles. The van der Waals surface area contributed by atoms with E-state index in [1.54, 1.807) is 13.0 Å². The number of ether oxygens (including phenoxy) is 1. The number of morpholine rings is 1. The Hall–Kier alpha value is -0.580. The van der Waals surface area contributed by atoms with Crippen LogP contribution in [0.25, 0.3) is 0 Å². The van der Waals surface area contributed by atoms with Crippen LogP contribution in [0.3, 0.4) is 0 Å². The van der Waals surface area contributed by atoms with Gasteiger partial charge < -0.3 is 15.4 Å². The first kappa shape index (κ1) is 23.7. The second-order valence-electron chi connectivity index (χ2n) is 7.26. The van der Waals surface area contributed by atoms with E-state index in [0.29, 0.717) is 12.1 Å². The minimum Gasteiger partial charge on any atom is -0.379 e. The van der Waals surface area contributed by atoms with E-state index in [9.17, 15) is 4.39 Å². The molecule has 0 bridgehead atoms. The number of thioether (sulfide) groups is 1. The summed E-state index contributed by atoms with van der Waals surface area (Å²) in [4.78, 5) is 7.26. The highest BCUT2D eigenvalue weighted by Gasteiger charge is 2.40. The molecule has 2 heterocycles. The summed E-state index contributed by atoms with van der Waals surface area (Å²) in [5.74, 6) is 2.97. The molecule has 2 aliphatic rings. The second kappa shape index (κ2) is 11.6. The molecule has 1 aromatic rings. The zero-order chi connectivity index (χ0) is 19.1. The van der Waals surface area contributed by atoms with Crippen molar-refractivity contribution in [3.8, 4) is 0 Å². The second-order valence-corrected chi connectivity index (χ2v) is 8.36. The third kappa shape index (κ3) is 6.21. The predicted molar refractivity (Wildman–Crippen MR) is 126 cm³/mol. The van der Waals surface area contributed by atoms with Crippen LogP contribution in [0.5, 0.6) is 0 Å². The summed E-state index contributed by atoms with van der Waals surface area (Å²) in [6, 6.07) is 5.32. The van der Waals surface area contributed by atoms with Crippen LogP contribution in [-0.2, 0) is 11.3 Å². The number of benzene rings is 1. The molecule has 2 saturated heterocycles. The molecule has 0 saturated carbocycles. The van der Waals surface area contributed by atoms with Gasteiger partial charge in [-0.3, -0.25) is 4.90 Å². The van der Waals surface area contributed by atoms with Crippen molar-refractivity contribution in [1.29, 1.82) is 0 Å². The quantitative estimate of drug-likeness (QED) is 0.342. The average molecular weight is 522 g/mol. The lowest BCUT2D eigenvalue weighted by Crippen LogP contribution is -2.60. The number of nitrogens with one attached hydrogen (secondary N) is 2. The molecule has 3 rings (SSSR count). The Kier molecular flexibility index (Phi) is 9.79. The highest BCUT2D eigenvalue weighted by molar-refractivity contribution is 14.0. The Labute approximate surface area is 189 Å². The van der Waals surface area contributed by atoms with E-state index < -0.39 is 0 Å². The van der Waals surface area contributed by atoms with Gasteiger partial charge in [0.05, 0.1) is 19.8 Å². The molecule has 8 heteroatoms. The topological polar surface area (TPSA) is 48.9 Å². The number of aryl methyl sites for hydroxylation is 1. The van der Waals surface area contributed by atoms with Crippen molar-refractivity contribution in [3.05, 3.63) is 35.1 Å². The molecule has 0 aliphatic carbocycles. The van der Waals surface area contributed by atoms with E-state index in [4.69, 9.17) is 4.74 Å². The van der Waals surface area contributed by atoms with E-state index in [2.05, 4.69) is 27.4 Å². The van der Waals surface area contributed by atoms with Gasteiger partial charge in [0.2, 0.25) is 0 Å². The fourth-order valence-corrected chi connectivity index (χ4v) is 5.11. The lowest BCUT2D eigenvalue weighted by atomic mass is 9.95. The van der Waals surface area contributed by atoms with Gasteiger partial charge in [0.15, 0.2) is 5.96 Å². The molecule has 0 spiro atoms. The molecule has 158 valence electrons. The highest BCUT2D eigenvalue weighted by atomic mass is 127. The normalized spacial score (nSPS) is 23.3. The van der Waals surface area contributed by atoms with Crippen molar-refractivity contribution in [2.24, 2.45) is 4.99 Å². The molecule has 2 N–H and O–H groups in total. The zero-order valence-corrected chi connectivity index (χ0v) is 19.9. The summed E-state index contributed by atoms with van der Waals surface area (Å²) in [5.41, 5.74) is 1.72. The van der Waals surface area contributed by atoms with E-state index in [1.165, 1.54) is 12.2 Å². The van der Waals surface area contributed by atoms with Gasteiger partial charge >= 0.3 is 0 Å². The Morgan fingerprint density at radius 2 is 2.11 bits per heavy atom. The van der Waals surface area contributed by atoms with Crippen LogP contribution in [0.2, 0.25) is 0 Å². The summed E-state index contributed by atoms with van der Waals surface area (Å²) in [5, 5.41) is 6.86. The first-order valence-electron chi connectivity index (χ1n) is 9.81. The van der Waals surface area contributed by atoms with Gasteiger partial charge in [0.1, 0.15) is 5.82 Å². The van der Waals surface area contributed by atoms with Crippen molar-refractivity contribution < 1.29 is 9.13 Å². The number of hydrogen-bond donors (Lipinski definition) is 2. The largest absolute Gasteiger partial charge is 0.379 e. The summed E-state index contributed by atoms with van der Waals surface area (Å²) in [6.45, 7) is 9.61. The van der Waals surface area contributed by atoms with E-state index in [-0.39, 0.29) is 35.3 Å². The fraction of sp³-hybridized carbons (Fsp3) is 0.650. The van der Waals surface area contributed by atoms with Crippen molar-refractivity contribution in [1.82, 2.24) is 15.5 Å². The minimum atomic E-state index is -0.171. The molecule has 2 fully saturated rings. The van der Waals surface area contributed by atoms with Crippen molar-refractivity contribution in [3.63, 3.8) is 0 Å². The summed E-state index contributed by atoms with van der Waals surface area (Å²) in [7, 11) is 0. The SMILES string of the molecule is CCNC(=NCc1ccc(C)c(F)c1)NCC1(N2CCOCC2)CCSC1.I. The third-order valence-corrected chi connectivity index (χ3v) is 6.58. The Balaban J connectivity index is 0.00000280. The van der Waals surface area contributed by atoms with Gasteiger partial charge in [-0.2, -0.15) is 11.8 Å². The van der Waals surface area contributed by atoms with Crippen LogP contribution >= 0.6 is 35.7 Å². The lowest BCUT2D eigenvalue weighted by Gasteiger charge is -2.43. The maximum absolute atomic E-state index is 13.8. The molecular formula is C20H32FIN4OS. The predicted octanol–water partition coefficient (Wildman–Crippen LogP) is 3.02. The monoisotopic (exact) mass is 522 g/mol. The summed E-state index contributed by atoms with van der Waals surface area (Å²) in [6.07, 6.45) is 1.19. The fourth-order valence-electron chi connectivity index (χ4n) is 3.63. The van der Waals surface area contributed by atoms with Gasteiger partial charge in [-0.25, -0.2) is 9.38 Å². The number of guanidine groups is 1. The van der Waals surface area contributed by atoms with Crippen molar-refractivity contribution >= 4 is 41.7 Å². The molecule has 1 atom stereocenters. The maximum atomic E-state index is 13.8. The standard InChI is InChI=1S/C20H31FN4OS.HI/c1-3-22-19(23-13-17-5-4-16(2)18(21)12-17)24-14-20(6-11-27-15-20)25-7-9-26-10-8-25;/h4-5,12H,3,6-11,13-15H2,1-2H3,(H2,22,23,24);1H. The number of aliphatic imine (C=N–C) groups is 1. The van der Waals surface area contributed by atoms with E-state index in [1.807, 2.05) is 23.9 Å².